The molecule has 1 aliphatic heterocycles. The lowest BCUT2D eigenvalue weighted by molar-refractivity contribution is -0.143. The fraction of sp³-hybridized carbons (Fsp3) is 0.409. The van der Waals surface area contributed by atoms with Gasteiger partial charge in [-0.05, 0) is 42.0 Å². The maximum Gasteiger partial charge on any atom is 0.226 e. The van der Waals surface area contributed by atoms with E-state index in [-0.39, 0.29) is 41.6 Å². The standard InChI is InChI=1S/C22H19F2N3O2/c1-11-10-27(21-16-9-26-8-13(7-25)20(16)19(11)21)22(28)12-4-15(5-12)29-18-3-2-14(23)6-17(18)24/h2-3,6,8-9,11-12,15,19,21H,4-5,10H2,1H3/t11-,12-,15-,19?,21+/m0/s1. The van der Waals surface area contributed by atoms with Crippen molar-refractivity contribution in [2.24, 2.45) is 11.8 Å². The first kappa shape index (κ1) is 18.0. The van der Waals surface area contributed by atoms with Crippen LogP contribution in [0.2, 0.25) is 0 Å². The molecule has 2 fully saturated rings. The molecule has 1 unspecified atom stereocenters. The van der Waals surface area contributed by atoms with Gasteiger partial charge in [-0.2, -0.15) is 5.26 Å². The van der Waals surface area contributed by atoms with Crippen molar-refractivity contribution >= 4 is 5.91 Å². The number of nitriles is 1. The van der Waals surface area contributed by atoms with Gasteiger partial charge in [-0.3, -0.25) is 9.78 Å². The molecular formula is C22H19F2N3O2. The monoisotopic (exact) mass is 395 g/mol. The van der Waals surface area contributed by atoms with E-state index in [4.69, 9.17) is 4.74 Å². The van der Waals surface area contributed by atoms with Gasteiger partial charge in [0.15, 0.2) is 11.6 Å². The van der Waals surface area contributed by atoms with Gasteiger partial charge in [0.1, 0.15) is 18.0 Å². The number of benzene rings is 1. The smallest absolute Gasteiger partial charge is 0.226 e. The minimum absolute atomic E-state index is 0.0113. The normalized spacial score (nSPS) is 29.2. The van der Waals surface area contributed by atoms with Gasteiger partial charge in [0, 0.05) is 36.8 Å². The molecule has 1 aromatic heterocycles. The number of pyridine rings is 1. The second-order valence-electron chi connectivity index (χ2n) is 8.22. The lowest BCUT2D eigenvalue weighted by Crippen LogP contribution is -2.47. The van der Waals surface area contributed by atoms with Crippen molar-refractivity contribution in [3.63, 3.8) is 0 Å². The van der Waals surface area contributed by atoms with E-state index in [9.17, 15) is 18.8 Å². The van der Waals surface area contributed by atoms with Crippen molar-refractivity contribution in [2.45, 2.75) is 37.8 Å². The zero-order valence-electron chi connectivity index (χ0n) is 15.8. The summed E-state index contributed by atoms with van der Waals surface area (Å²) in [6.07, 6.45) is 4.14. The molecule has 1 saturated heterocycles. The Morgan fingerprint density at radius 1 is 1.31 bits per heavy atom. The molecule has 0 radical (unpaired) electrons. The number of carbonyl (C=O) groups is 1. The third kappa shape index (κ3) is 2.70. The summed E-state index contributed by atoms with van der Waals surface area (Å²) in [5.41, 5.74) is 2.62. The van der Waals surface area contributed by atoms with Crippen LogP contribution >= 0.6 is 0 Å². The zero-order chi connectivity index (χ0) is 20.3. The van der Waals surface area contributed by atoms with Gasteiger partial charge >= 0.3 is 0 Å². The van der Waals surface area contributed by atoms with Crippen LogP contribution < -0.4 is 4.74 Å². The summed E-state index contributed by atoms with van der Waals surface area (Å²) in [7, 11) is 0. The Balaban J connectivity index is 1.26. The zero-order valence-corrected chi connectivity index (χ0v) is 15.8. The van der Waals surface area contributed by atoms with Crippen LogP contribution in [0, 0.1) is 34.8 Å². The number of fused-ring (bicyclic) bond motifs is 4. The van der Waals surface area contributed by atoms with Gasteiger partial charge in [-0.1, -0.05) is 6.92 Å². The Morgan fingerprint density at radius 3 is 2.83 bits per heavy atom. The quantitative estimate of drug-likeness (QED) is 0.795. The van der Waals surface area contributed by atoms with Gasteiger partial charge in [0.2, 0.25) is 5.91 Å². The summed E-state index contributed by atoms with van der Waals surface area (Å²) in [5.74, 6) is -0.979. The number of amides is 1. The average Bonchev–Trinajstić information content (AvgIpc) is 2.94. The summed E-state index contributed by atoms with van der Waals surface area (Å²) in [4.78, 5) is 19.2. The molecule has 2 heterocycles. The van der Waals surface area contributed by atoms with Gasteiger partial charge in [0.05, 0.1) is 11.6 Å². The van der Waals surface area contributed by atoms with Crippen LogP contribution in [0.5, 0.6) is 5.75 Å². The van der Waals surface area contributed by atoms with Crippen LogP contribution in [-0.2, 0) is 4.79 Å². The molecule has 1 aromatic carbocycles. The number of hydrogen-bond donors (Lipinski definition) is 0. The molecule has 2 aliphatic carbocycles. The SMILES string of the molecule is C[C@H]1CN(C(=O)[C@H]2C[C@H](Oc3ccc(F)cc3F)C2)[C@@H]2c3cncc(C#N)c3C21. The number of hydrogen-bond acceptors (Lipinski definition) is 4. The highest BCUT2D eigenvalue weighted by Gasteiger charge is 2.54. The van der Waals surface area contributed by atoms with E-state index in [1.54, 1.807) is 12.4 Å². The molecule has 29 heavy (non-hydrogen) atoms. The minimum Gasteiger partial charge on any atom is -0.487 e. The number of aromatic nitrogens is 1. The summed E-state index contributed by atoms with van der Waals surface area (Å²) in [6.45, 7) is 2.77. The Morgan fingerprint density at radius 2 is 2.10 bits per heavy atom. The molecule has 0 N–H and O–H groups in total. The largest absolute Gasteiger partial charge is 0.487 e. The van der Waals surface area contributed by atoms with E-state index < -0.39 is 11.6 Å². The van der Waals surface area contributed by atoms with E-state index in [2.05, 4.69) is 18.0 Å². The molecule has 0 spiro atoms. The van der Waals surface area contributed by atoms with Crippen molar-refractivity contribution in [1.29, 1.82) is 5.26 Å². The first-order chi connectivity index (χ1) is 14.0. The second kappa shape index (κ2) is 6.51. The van der Waals surface area contributed by atoms with Gasteiger partial charge in [-0.25, -0.2) is 8.78 Å². The molecule has 0 bridgehead atoms. The fourth-order valence-corrected chi connectivity index (χ4v) is 5.01. The topological polar surface area (TPSA) is 66.2 Å². The van der Waals surface area contributed by atoms with Crippen molar-refractivity contribution in [3.05, 3.63) is 58.9 Å². The van der Waals surface area contributed by atoms with Gasteiger partial charge in [-0.15, -0.1) is 0 Å². The number of carbonyl (C=O) groups excluding carboxylic acids is 1. The summed E-state index contributed by atoms with van der Waals surface area (Å²) in [5, 5.41) is 9.35. The Hall–Kier alpha value is -3.01. The van der Waals surface area contributed by atoms with E-state index in [1.165, 1.54) is 6.07 Å². The summed E-state index contributed by atoms with van der Waals surface area (Å²) >= 11 is 0. The molecule has 5 nitrogen and oxygen atoms in total. The second-order valence-corrected chi connectivity index (χ2v) is 8.22. The maximum absolute atomic E-state index is 13.8. The van der Waals surface area contributed by atoms with E-state index in [1.807, 2.05) is 4.90 Å². The van der Waals surface area contributed by atoms with Crippen LogP contribution in [0.1, 0.15) is 48.4 Å². The van der Waals surface area contributed by atoms with E-state index in [0.29, 0.717) is 24.9 Å². The van der Waals surface area contributed by atoms with Crippen molar-refractivity contribution in [3.8, 4) is 11.8 Å². The third-order valence-electron chi connectivity index (χ3n) is 6.48. The first-order valence-electron chi connectivity index (χ1n) is 9.78. The highest BCUT2D eigenvalue weighted by Crippen LogP contribution is 2.58. The molecule has 3 atom stereocenters. The number of halogens is 2. The third-order valence-corrected chi connectivity index (χ3v) is 6.48. The molecule has 3 aliphatic rings. The lowest BCUT2D eigenvalue weighted by atomic mass is 9.69. The number of nitrogens with zero attached hydrogens (tertiary/aromatic N) is 3. The lowest BCUT2D eigenvalue weighted by Gasteiger charge is -2.43. The maximum atomic E-state index is 13.8. The average molecular weight is 395 g/mol. The van der Waals surface area contributed by atoms with Crippen molar-refractivity contribution in [1.82, 2.24) is 9.88 Å². The number of ether oxygens (including phenoxy) is 1. The van der Waals surface area contributed by atoms with Gasteiger partial charge in [0.25, 0.3) is 0 Å². The predicted octanol–water partition coefficient (Wildman–Crippen LogP) is 3.71. The molecule has 7 heteroatoms. The predicted molar refractivity (Wildman–Crippen MR) is 98.8 cm³/mol. The molecular weight excluding hydrogens is 376 g/mol. The van der Waals surface area contributed by atoms with E-state index in [0.717, 1.165) is 23.3 Å². The van der Waals surface area contributed by atoms with Crippen molar-refractivity contribution in [2.75, 3.05) is 6.54 Å². The van der Waals surface area contributed by atoms with Gasteiger partial charge < -0.3 is 9.64 Å². The number of rotatable bonds is 3. The van der Waals surface area contributed by atoms with Crippen LogP contribution in [0.3, 0.4) is 0 Å². The summed E-state index contributed by atoms with van der Waals surface area (Å²) < 4.78 is 32.4. The van der Waals surface area contributed by atoms with Crippen LogP contribution in [0.25, 0.3) is 0 Å². The molecule has 2 aromatic rings. The number of likely N-dealkylation sites (tertiary alicyclic amines) is 1. The fourth-order valence-electron chi connectivity index (χ4n) is 5.01. The minimum atomic E-state index is -0.733. The Labute approximate surface area is 166 Å². The first-order valence-corrected chi connectivity index (χ1v) is 9.78. The molecule has 5 rings (SSSR count). The van der Waals surface area contributed by atoms with Crippen LogP contribution in [0.4, 0.5) is 8.78 Å². The van der Waals surface area contributed by atoms with E-state index >= 15 is 0 Å². The molecule has 1 saturated carbocycles. The Bertz CT molecular complexity index is 1040. The summed E-state index contributed by atoms with van der Waals surface area (Å²) in [6, 6.07) is 5.42. The molecule has 1 amide bonds. The van der Waals surface area contributed by atoms with Crippen molar-refractivity contribution < 1.29 is 18.3 Å². The van der Waals surface area contributed by atoms with Crippen LogP contribution in [0.15, 0.2) is 30.6 Å². The highest BCUT2D eigenvalue weighted by molar-refractivity contribution is 5.82. The van der Waals surface area contributed by atoms with Crippen LogP contribution in [-0.4, -0.2) is 28.4 Å². The highest BCUT2D eigenvalue weighted by atomic mass is 19.1. The Kier molecular flexibility index (Phi) is 4.05. The molecule has 148 valence electrons.